The lowest BCUT2D eigenvalue weighted by atomic mass is 9.90. The molecule has 1 atom stereocenters. The van der Waals surface area contributed by atoms with E-state index in [4.69, 9.17) is 4.74 Å². The van der Waals surface area contributed by atoms with Gasteiger partial charge in [-0.3, -0.25) is 9.78 Å². The summed E-state index contributed by atoms with van der Waals surface area (Å²) in [6, 6.07) is 10.3. The Labute approximate surface area is 148 Å². The number of carbonyl (C=O) groups is 1. The Balaban J connectivity index is 1.52. The molecule has 1 aromatic carbocycles. The SMILES string of the molecule is Cc1cc([C@@H]2CN(C(=O)c3ccc4c(c3)CCCC4)CCO2)ccn1. The number of hydrogen-bond acceptors (Lipinski definition) is 3. The van der Waals surface area contributed by atoms with Crippen molar-refractivity contribution in [1.29, 1.82) is 0 Å². The zero-order valence-electron chi connectivity index (χ0n) is 14.7. The fourth-order valence-corrected chi connectivity index (χ4v) is 3.85. The molecule has 1 aromatic heterocycles. The molecule has 4 rings (SSSR count). The zero-order chi connectivity index (χ0) is 17.2. The van der Waals surface area contributed by atoms with Crippen LogP contribution < -0.4 is 0 Å². The van der Waals surface area contributed by atoms with Crippen molar-refractivity contribution >= 4 is 5.91 Å². The Bertz CT molecular complexity index is 787. The average molecular weight is 336 g/mol. The van der Waals surface area contributed by atoms with Gasteiger partial charge in [-0.25, -0.2) is 0 Å². The molecule has 0 saturated carbocycles. The Morgan fingerprint density at radius 1 is 1.16 bits per heavy atom. The van der Waals surface area contributed by atoms with Crippen molar-refractivity contribution in [3.8, 4) is 0 Å². The van der Waals surface area contributed by atoms with Gasteiger partial charge in [0.05, 0.1) is 13.2 Å². The van der Waals surface area contributed by atoms with E-state index in [9.17, 15) is 4.79 Å². The van der Waals surface area contributed by atoms with Crippen LogP contribution in [0.1, 0.15) is 51.7 Å². The number of pyridine rings is 1. The second-order valence-corrected chi connectivity index (χ2v) is 7.03. The quantitative estimate of drug-likeness (QED) is 0.843. The molecule has 0 spiro atoms. The van der Waals surface area contributed by atoms with Crippen LogP contribution in [0.5, 0.6) is 0 Å². The number of aryl methyl sites for hydroxylation is 3. The zero-order valence-corrected chi connectivity index (χ0v) is 14.7. The Hall–Kier alpha value is -2.20. The summed E-state index contributed by atoms with van der Waals surface area (Å²) < 4.78 is 5.90. The molecular weight excluding hydrogens is 312 g/mol. The molecule has 25 heavy (non-hydrogen) atoms. The minimum Gasteiger partial charge on any atom is -0.370 e. The fraction of sp³-hybridized carbons (Fsp3) is 0.429. The van der Waals surface area contributed by atoms with Crippen LogP contribution in [0.2, 0.25) is 0 Å². The van der Waals surface area contributed by atoms with Crippen molar-refractivity contribution in [1.82, 2.24) is 9.88 Å². The highest BCUT2D eigenvalue weighted by Crippen LogP contribution is 2.26. The van der Waals surface area contributed by atoms with E-state index in [0.717, 1.165) is 29.7 Å². The van der Waals surface area contributed by atoms with Crippen molar-refractivity contribution < 1.29 is 9.53 Å². The monoisotopic (exact) mass is 336 g/mol. The molecule has 1 saturated heterocycles. The number of fused-ring (bicyclic) bond motifs is 1. The van der Waals surface area contributed by atoms with E-state index in [0.29, 0.717) is 19.7 Å². The molecule has 1 aliphatic carbocycles. The topological polar surface area (TPSA) is 42.4 Å². The highest BCUT2D eigenvalue weighted by atomic mass is 16.5. The van der Waals surface area contributed by atoms with Gasteiger partial charge in [0.1, 0.15) is 6.10 Å². The van der Waals surface area contributed by atoms with Gasteiger partial charge >= 0.3 is 0 Å². The van der Waals surface area contributed by atoms with E-state index in [2.05, 4.69) is 17.1 Å². The maximum atomic E-state index is 13.0. The number of nitrogens with zero attached hydrogens (tertiary/aromatic N) is 2. The van der Waals surface area contributed by atoms with Crippen molar-refractivity contribution in [2.24, 2.45) is 0 Å². The van der Waals surface area contributed by atoms with Crippen LogP contribution in [0.25, 0.3) is 0 Å². The van der Waals surface area contributed by atoms with Crippen LogP contribution in [0.3, 0.4) is 0 Å². The molecule has 0 N–H and O–H groups in total. The molecule has 2 heterocycles. The molecule has 0 radical (unpaired) electrons. The number of rotatable bonds is 2. The minimum absolute atomic E-state index is 0.0722. The smallest absolute Gasteiger partial charge is 0.254 e. The van der Waals surface area contributed by atoms with Crippen LogP contribution in [0.4, 0.5) is 0 Å². The Morgan fingerprint density at radius 2 is 2.00 bits per heavy atom. The second kappa shape index (κ2) is 6.96. The third-order valence-corrected chi connectivity index (χ3v) is 5.24. The minimum atomic E-state index is -0.0722. The summed E-state index contributed by atoms with van der Waals surface area (Å²) in [6.45, 7) is 3.79. The van der Waals surface area contributed by atoms with E-state index >= 15 is 0 Å². The summed E-state index contributed by atoms with van der Waals surface area (Å²) in [5, 5.41) is 0. The van der Waals surface area contributed by atoms with E-state index < -0.39 is 0 Å². The first-order chi connectivity index (χ1) is 12.2. The normalized spacial score (nSPS) is 20.2. The molecule has 1 amide bonds. The van der Waals surface area contributed by atoms with E-state index in [1.165, 1.54) is 24.0 Å². The van der Waals surface area contributed by atoms with Gasteiger partial charge in [0.2, 0.25) is 0 Å². The highest BCUT2D eigenvalue weighted by Gasteiger charge is 2.26. The first-order valence-corrected chi connectivity index (χ1v) is 9.16. The third kappa shape index (κ3) is 3.45. The van der Waals surface area contributed by atoms with Gasteiger partial charge < -0.3 is 9.64 Å². The van der Waals surface area contributed by atoms with Crippen LogP contribution in [-0.4, -0.2) is 35.5 Å². The standard InChI is InChI=1S/C21H24N2O2/c1-15-12-18(8-9-22-15)20-14-23(10-11-25-20)21(24)19-7-6-16-4-2-3-5-17(16)13-19/h6-9,12-13,20H,2-5,10-11,14H2,1H3/t20-/m0/s1. The van der Waals surface area contributed by atoms with E-state index in [1.807, 2.05) is 30.0 Å². The van der Waals surface area contributed by atoms with Gasteiger partial charge in [-0.1, -0.05) is 6.07 Å². The number of benzene rings is 1. The number of amides is 1. The molecular formula is C21H24N2O2. The van der Waals surface area contributed by atoms with Gasteiger partial charge in [0.15, 0.2) is 0 Å². The predicted octanol–water partition coefficient (Wildman–Crippen LogP) is 3.48. The number of aromatic nitrogens is 1. The molecule has 130 valence electrons. The summed E-state index contributed by atoms with van der Waals surface area (Å²) in [7, 11) is 0. The number of hydrogen-bond donors (Lipinski definition) is 0. The molecule has 0 bridgehead atoms. The van der Waals surface area contributed by atoms with E-state index in [-0.39, 0.29) is 12.0 Å². The lowest BCUT2D eigenvalue weighted by Crippen LogP contribution is -2.42. The first kappa shape index (κ1) is 16.3. The molecule has 2 aromatic rings. The summed E-state index contributed by atoms with van der Waals surface area (Å²) in [5.41, 5.74) is 5.64. The summed E-state index contributed by atoms with van der Waals surface area (Å²) in [5.74, 6) is 0.118. The second-order valence-electron chi connectivity index (χ2n) is 7.03. The predicted molar refractivity (Wildman–Crippen MR) is 96.7 cm³/mol. The molecule has 1 aliphatic heterocycles. The fourth-order valence-electron chi connectivity index (χ4n) is 3.85. The van der Waals surface area contributed by atoms with Crippen LogP contribution in [0, 0.1) is 6.92 Å². The van der Waals surface area contributed by atoms with Crippen LogP contribution in [0.15, 0.2) is 36.5 Å². The van der Waals surface area contributed by atoms with Gasteiger partial charge in [-0.2, -0.15) is 0 Å². The van der Waals surface area contributed by atoms with Crippen molar-refractivity contribution in [3.63, 3.8) is 0 Å². The maximum absolute atomic E-state index is 13.0. The molecule has 1 fully saturated rings. The van der Waals surface area contributed by atoms with Crippen LogP contribution in [-0.2, 0) is 17.6 Å². The molecule has 2 aliphatic rings. The van der Waals surface area contributed by atoms with Crippen LogP contribution >= 0.6 is 0 Å². The van der Waals surface area contributed by atoms with Gasteiger partial charge in [-0.05, 0) is 73.6 Å². The maximum Gasteiger partial charge on any atom is 0.254 e. The Morgan fingerprint density at radius 3 is 2.84 bits per heavy atom. The van der Waals surface area contributed by atoms with Crippen molar-refractivity contribution in [2.45, 2.75) is 38.7 Å². The van der Waals surface area contributed by atoms with E-state index in [1.54, 1.807) is 6.20 Å². The molecule has 4 nitrogen and oxygen atoms in total. The van der Waals surface area contributed by atoms with Gasteiger partial charge in [-0.15, -0.1) is 0 Å². The highest BCUT2D eigenvalue weighted by molar-refractivity contribution is 5.94. The van der Waals surface area contributed by atoms with Crippen molar-refractivity contribution in [3.05, 3.63) is 64.5 Å². The largest absolute Gasteiger partial charge is 0.370 e. The molecule has 4 heteroatoms. The number of morpholine rings is 1. The Kier molecular flexibility index (Phi) is 4.53. The summed E-state index contributed by atoms with van der Waals surface area (Å²) in [4.78, 5) is 19.2. The third-order valence-electron chi connectivity index (χ3n) is 5.24. The van der Waals surface area contributed by atoms with Gasteiger partial charge in [0.25, 0.3) is 5.91 Å². The molecule has 0 unspecified atom stereocenters. The lowest BCUT2D eigenvalue weighted by molar-refractivity contribution is -0.0228. The van der Waals surface area contributed by atoms with Gasteiger partial charge in [0, 0.05) is 24.0 Å². The summed E-state index contributed by atoms with van der Waals surface area (Å²) >= 11 is 0. The number of carbonyl (C=O) groups excluding carboxylic acids is 1. The van der Waals surface area contributed by atoms with Crippen molar-refractivity contribution in [2.75, 3.05) is 19.7 Å². The first-order valence-electron chi connectivity index (χ1n) is 9.16. The lowest BCUT2D eigenvalue weighted by Gasteiger charge is -2.33. The summed E-state index contributed by atoms with van der Waals surface area (Å²) in [6.07, 6.45) is 6.46. The average Bonchev–Trinajstić information content (AvgIpc) is 2.67. The number of ether oxygens (including phenoxy) is 1.